The molecule has 1 N–H and O–H groups in total. The van der Waals surface area contributed by atoms with Crippen molar-refractivity contribution in [2.45, 2.75) is 48.1 Å². The summed E-state index contributed by atoms with van der Waals surface area (Å²) in [6.07, 6.45) is 0. The standard InChI is InChI=1S/C35H35N3O2S/c1-34(2)30(32(40)37(3)24-25-16-8-4-9-17-25)38-31(39)29(33(38)41-34)36-35(26-18-10-5-11-19-26,27-20-12-6-13-21-27)28-22-14-7-15-23-28/h4-23,29-30,33,36H,24H2,1-3H3/t29?,30?,33-/m1/s1. The lowest BCUT2D eigenvalue weighted by atomic mass is 9.76. The minimum Gasteiger partial charge on any atom is -0.340 e. The van der Waals surface area contributed by atoms with Crippen LogP contribution in [-0.4, -0.2) is 50.9 Å². The summed E-state index contributed by atoms with van der Waals surface area (Å²) in [6.45, 7) is 4.67. The molecule has 4 aromatic carbocycles. The summed E-state index contributed by atoms with van der Waals surface area (Å²) in [5, 5.41) is 3.71. The first kappa shape index (κ1) is 27.3. The Bertz CT molecular complexity index is 1420. The van der Waals surface area contributed by atoms with Gasteiger partial charge in [-0.25, -0.2) is 0 Å². The van der Waals surface area contributed by atoms with Crippen molar-refractivity contribution in [1.29, 1.82) is 0 Å². The van der Waals surface area contributed by atoms with E-state index in [-0.39, 0.29) is 17.2 Å². The molecule has 4 aromatic rings. The number of carbonyl (C=O) groups excluding carboxylic acids is 2. The molecule has 41 heavy (non-hydrogen) atoms. The summed E-state index contributed by atoms with van der Waals surface area (Å²) in [4.78, 5) is 31.5. The van der Waals surface area contributed by atoms with E-state index in [1.807, 2.05) is 96.9 Å². The highest BCUT2D eigenvalue weighted by atomic mass is 32.2. The third kappa shape index (κ3) is 4.75. The molecular weight excluding hydrogens is 526 g/mol. The smallest absolute Gasteiger partial charge is 0.246 e. The summed E-state index contributed by atoms with van der Waals surface area (Å²) in [5.41, 5.74) is 3.48. The molecule has 0 spiro atoms. The van der Waals surface area contributed by atoms with E-state index in [0.717, 1.165) is 22.3 Å². The van der Waals surface area contributed by atoms with Crippen molar-refractivity contribution < 1.29 is 9.59 Å². The number of carbonyl (C=O) groups is 2. The average molecular weight is 562 g/mol. The number of hydrogen-bond acceptors (Lipinski definition) is 4. The van der Waals surface area contributed by atoms with Crippen LogP contribution in [0.15, 0.2) is 121 Å². The molecule has 6 heteroatoms. The molecule has 0 aromatic heterocycles. The molecule has 2 aliphatic heterocycles. The van der Waals surface area contributed by atoms with E-state index in [1.165, 1.54) is 0 Å². The highest BCUT2D eigenvalue weighted by Gasteiger charge is 2.65. The molecule has 6 rings (SSSR count). The second-order valence-corrected chi connectivity index (χ2v) is 13.2. The van der Waals surface area contributed by atoms with Gasteiger partial charge in [0.2, 0.25) is 11.8 Å². The second kappa shape index (κ2) is 10.8. The summed E-state index contributed by atoms with van der Waals surface area (Å²) in [5.74, 6) is -0.0622. The Morgan fingerprint density at radius 1 is 0.805 bits per heavy atom. The lowest BCUT2D eigenvalue weighted by molar-refractivity contribution is -0.157. The summed E-state index contributed by atoms with van der Waals surface area (Å²) < 4.78 is -0.437. The van der Waals surface area contributed by atoms with Crippen molar-refractivity contribution in [2.24, 2.45) is 0 Å². The van der Waals surface area contributed by atoms with Crippen molar-refractivity contribution in [1.82, 2.24) is 15.1 Å². The fourth-order valence-corrected chi connectivity index (χ4v) is 7.96. The SMILES string of the molecule is CN(Cc1ccccc1)C(=O)C1N2C(=O)C(NC(c3ccccc3)(c3ccccc3)c3ccccc3)[C@H]2SC1(C)C. The monoisotopic (exact) mass is 561 g/mol. The molecular formula is C35H35N3O2S. The van der Waals surface area contributed by atoms with E-state index >= 15 is 0 Å². The fraction of sp³-hybridized carbons (Fsp3) is 0.257. The number of thioether (sulfide) groups is 1. The van der Waals surface area contributed by atoms with E-state index in [0.29, 0.717) is 6.54 Å². The number of hydrogen-bond donors (Lipinski definition) is 1. The molecule has 2 amide bonds. The largest absolute Gasteiger partial charge is 0.340 e. The van der Waals surface area contributed by atoms with Crippen molar-refractivity contribution in [3.63, 3.8) is 0 Å². The normalized spacial score (nSPS) is 21.2. The van der Waals surface area contributed by atoms with Gasteiger partial charge in [0.15, 0.2) is 0 Å². The molecule has 2 aliphatic rings. The first-order valence-corrected chi connectivity index (χ1v) is 14.9. The number of likely N-dealkylation sites (N-methyl/N-ethyl adjacent to an activating group) is 1. The van der Waals surface area contributed by atoms with Gasteiger partial charge in [-0.05, 0) is 36.1 Å². The molecule has 208 valence electrons. The van der Waals surface area contributed by atoms with E-state index < -0.39 is 22.4 Å². The molecule has 0 saturated carbocycles. The summed E-state index contributed by atoms with van der Waals surface area (Å²) >= 11 is 1.71. The minimum absolute atomic E-state index is 0.0268. The summed E-state index contributed by atoms with van der Waals surface area (Å²) in [7, 11) is 1.83. The third-order valence-electron chi connectivity index (χ3n) is 8.31. The minimum atomic E-state index is -0.757. The topological polar surface area (TPSA) is 52.7 Å². The Hall–Kier alpha value is -3.87. The number of fused-ring (bicyclic) bond motifs is 1. The van der Waals surface area contributed by atoms with Crippen LogP contribution in [0.4, 0.5) is 0 Å². The molecule has 2 unspecified atom stereocenters. The summed E-state index contributed by atoms with van der Waals surface area (Å²) in [6, 6.07) is 39.9. The number of β-lactam (4-membered cyclic amide) rings is 1. The zero-order chi connectivity index (χ0) is 28.6. The van der Waals surface area contributed by atoms with Crippen LogP contribution >= 0.6 is 11.8 Å². The first-order chi connectivity index (χ1) is 19.8. The Labute approximate surface area is 246 Å². The predicted octanol–water partition coefficient (Wildman–Crippen LogP) is 5.66. The quantitative estimate of drug-likeness (QED) is 0.223. The second-order valence-electron chi connectivity index (χ2n) is 11.4. The molecule has 2 saturated heterocycles. The number of benzene rings is 4. The maximum atomic E-state index is 14.1. The molecule has 3 atom stereocenters. The first-order valence-electron chi connectivity index (χ1n) is 14.1. The van der Waals surface area contributed by atoms with Crippen LogP contribution in [0.25, 0.3) is 0 Å². The van der Waals surface area contributed by atoms with Gasteiger partial charge in [0.05, 0.1) is 5.54 Å². The highest BCUT2D eigenvalue weighted by molar-refractivity contribution is 8.01. The van der Waals surface area contributed by atoms with Gasteiger partial charge in [0, 0.05) is 18.3 Å². The van der Waals surface area contributed by atoms with Crippen LogP contribution in [0.1, 0.15) is 36.1 Å². The van der Waals surface area contributed by atoms with Crippen molar-refractivity contribution in [2.75, 3.05) is 7.05 Å². The van der Waals surface area contributed by atoms with E-state index in [9.17, 15) is 9.59 Å². The Morgan fingerprint density at radius 3 is 1.71 bits per heavy atom. The van der Waals surface area contributed by atoms with Crippen molar-refractivity contribution in [3.8, 4) is 0 Å². The van der Waals surface area contributed by atoms with Gasteiger partial charge in [0.1, 0.15) is 17.5 Å². The molecule has 0 aliphatic carbocycles. The van der Waals surface area contributed by atoms with Crippen molar-refractivity contribution in [3.05, 3.63) is 144 Å². The van der Waals surface area contributed by atoms with E-state index in [1.54, 1.807) is 16.7 Å². The van der Waals surface area contributed by atoms with Gasteiger partial charge in [-0.15, -0.1) is 11.8 Å². The number of nitrogens with one attached hydrogen (secondary N) is 1. The number of amides is 2. The van der Waals surface area contributed by atoms with Crippen LogP contribution in [0.3, 0.4) is 0 Å². The maximum absolute atomic E-state index is 14.1. The van der Waals surface area contributed by atoms with Crippen LogP contribution < -0.4 is 5.32 Å². The molecule has 2 fully saturated rings. The predicted molar refractivity (Wildman–Crippen MR) is 165 cm³/mol. The Balaban J connectivity index is 1.35. The van der Waals surface area contributed by atoms with Gasteiger partial charge >= 0.3 is 0 Å². The van der Waals surface area contributed by atoms with E-state index in [2.05, 4.69) is 55.6 Å². The Morgan fingerprint density at radius 2 is 1.24 bits per heavy atom. The number of nitrogens with zero attached hydrogens (tertiary/aromatic N) is 2. The zero-order valence-corrected chi connectivity index (χ0v) is 24.4. The molecule has 2 heterocycles. The maximum Gasteiger partial charge on any atom is 0.246 e. The molecule has 5 nitrogen and oxygen atoms in total. The van der Waals surface area contributed by atoms with Crippen LogP contribution in [0.2, 0.25) is 0 Å². The van der Waals surface area contributed by atoms with Crippen molar-refractivity contribution >= 4 is 23.6 Å². The van der Waals surface area contributed by atoms with Crippen LogP contribution in [-0.2, 0) is 21.7 Å². The zero-order valence-electron chi connectivity index (χ0n) is 23.6. The van der Waals surface area contributed by atoms with Crippen LogP contribution in [0, 0.1) is 0 Å². The Kier molecular flexibility index (Phi) is 7.22. The highest BCUT2D eigenvalue weighted by Crippen LogP contribution is 2.52. The lowest BCUT2D eigenvalue weighted by Gasteiger charge is -2.49. The van der Waals surface area contributed by atoms with Crippen LogP contribution in [0.5, 0.6) is 0 Å². The van der Waals surface area contributed by atoms with Gasteiger partial charge in [0.25, 0.3) is 0 Å². The van der Waals surface area contributed by atoms with Gasteiger partial charge in [-0.2, -0.15) is 0 Å². The molecule has 0 bridgehead atoms. The van der Waals surface area contributed by atoms with Gasteiger partial charge < -0.3 is 9.80 Å². The van der Waals surface area contributed by atoms with Gasteiger partial charge in [-0.1, -0.05) is 121 Å². The van der Waals surface area contributed by atoms with Gasteiger partial charge in [-0.3, -0.25) is 14.9 Å². The number of rotatable bonds is 8. The third-order valence-corrected chi connectivity index (χ3v) is 9.88. The van der Waals surface area contributed by atoms with E-state index in [4.69, 9.17) is 0 Å². The average Bonchev–Trinajstić information content (AvgIpc) is 3.26. The molecule has 0 radical (unpaired) electrons. The fourth-order valence-electron chi connectivity index (χ4n) is 6.34. The lowest BCUT2D eigenvalue weighted by Crippen LogP contribution is -2.73.